The number of carbonyl (C=O) groups excluding carboxylic acids is 3. The summed E-state index contributed by atoms with van der Waals surface area (Å²) >= 11 is 0. The lowest BCUT2D eigenvalue weighted by Gasteiger charge is -2.18. The summed E-state index contributed by atoms with van der Waals surface area (Å²) in [6.07, 6.45) is 54.2. The quantitative estimate of drug-likeness (QED) is 0.0200. The average Bonchev–Trinajstić information content (AvgIpc) is 3.22. The van der Waals surface area contributed by atoms with Gasteiger partial charge in [-0.3, -0.25) is 14.4 Å². The predicted molar refractivity (Wildman–Crippen MR) is 247 cm³/mol. The van der Waals surface area contributed by atoms with Crippen LogP contribution in [0.3, 0.4) is 0 Å². The van der Waals surface area contributed by atoms with Crippen LogP contribution in [0.1, 0.15) is 258 Å². The third-order valence-corrected chi connectivity index (χ3v) is 10.9. The van der Waals surface area contributed by atoms with Crippen molar-refractivity contribution in [1.29, 1.82) is 0 Å². The second-order valence-corrected chi connectivity index (χ2v) is 16.8. The van der Waals surface area contributed by atoms with E-state index in [1.54, 1.807) is 0 Å². The van der Waals surface area contributed by atoms with E-state index in [1.165, 1.54) is 154 Å². The maximum Gasteiger partial charge on any atom is 0.306 e. The van der Waals surface area contributed by atoms with Gasteiger partial charge in [0.15, 0.2) is 6.10 Å². The standard InChI is InChI=1S/C52H94O6/c1-4-7-10-13-16-19-21-23-25-27-28-30-33-36-39-42-45-51(54)57-48-49(47-56-50(53)44-41-38-35-32-18-15-12-9-6-3)58-52(55)46-43-40-37-34-31-29-26-24-22-20-17-14-11-8-5-2/h17,20,22,24,32,35,49H,4-16,18-19,21,23,25-31,33-34,36-48H2,1-3H3/b20-17-,24-22-,35-32-. The van der Waals surface area contributed by atoms with Crippen LogP contribution < -0.4 is 0 Å². The summed E-state index contributed by atoms with van der Waals surface area (Å²) in [4.78, 5) is 37.8. The molecule has 0 aliphatic rings. The first-order valence-corrected chi connectivity index (χ1v) is 25.0. The number of hydrogen-bond donors (Lipinski definition) is 0. The molecule has 58 heavy (non-hydrogen) atoms. The minimum atomic E-state index is -0.784. The SMILES string of the molecule is CCCCC/C=C\C=C/CCCCCCCCC(=O)OC(COC(=O)CCC/C=C\CCCCCC)COC(=O)CCCCCCCCCCCCCCCCCC. The summed E-state index contributed by atoms with van der Waals surface area (Å²) in [5, 5.41) is 0. The Hall–Kier alpha value is -2.37. The highest BCUT2D eigenvalue weighted by atomic mass is 16.6. The van der Waals surface area contributed by atoms with Crippen molar-refractivity contribution in [2.75, 3.05) is 13.2 Å². The summed E-state index contributed by atoms with van der Waals surface area (Å²) in [6, 6.07) is 0. The van der Waals surface area contributed by atoms with Crippen LogP contribution in [-0.4, -0.2) is 37.2 Å². The molecule has 0 aliphatic heterocycles. The fourth-order valence-electron chi connectivity index (χ4n) is 7.08. The van der Waals surface area contributed by atoms with Crippen molar-refractivity contribution in [3.8, 4) is 0 Å². The molecule has 0 radical (unpaired) electrons. The highest BCUT2D eigenvalue weighted by Gasteiger charge is 2.19. The lowest BCUT2D eigenvalue weighted by Crippen LogP contribution is -2.30. The van der Waals surface area contributed by atoms with E-state index in [-0.39, 0.29) is 31.1 Å². The van der Waals surface area contributed by atoms with E-state index in [1.807, 2.05) is 0 Å². The lowest BCUT2D eigenvalue weighted by molar-refractivity contribution is -0.167. The molecule has 0 fully saturated rings. The first-order valence-electron chi connectivity index (χ1n) is 25.0. The molecule has 0 aromatic carbocycles. The molecule has 0 spiro atoms. The van der Waals surface area contributed by atoms with Crippen molar-refractivity contribution >= 4 is 17.9 Å². The first kappa shape index (κ1) is 55.6. The molecule has 0 aliphatic carbocycles. The van der Waals surface area contributed by atoms with E-state index in [9.17, 15) is 14.4 Å². The molecule has 338 valence electrons. The van der Waals surface area contributed by atoms with Gasteiger partial charge in [0.05, 0.1) is 0 Å². The number of rotatable bonds is 45. The van der Waals surface area contributed by atoms with Crippen LogP contribution in [-0.2, 0) is 28.6 Å². The van der Waals surface area contributed by atoms with Gasteiger partial charge in [-0.05, 0) is 64.2 Å². The molecule has 6 heteroatoms. The Morgan fingerprint density at radius 2 is 0.638 bits per heavy atom. The largest absolute Gasteiger partial charge is 0.462 e. The van der Waals surface area contributed by atoms with Crippen molar-refractivity contribution < 1.29 is 28.6 Å². The highest BCUT2D eigenvalue weighted by Crippen LogP contribution is 2.15. The van der Waals surface area contributed by atoms with Crippen molar-refractivity contribution in [2.24, 2.45) is 0 Å². The van der Waals surface area contributed by atoms with E-state index >= 15 is 0 Å². The zero-order valence-corrected chi connectivity index (χ0v) is 38.6. The molecule has 0 amide bonds. The van der Waals surface area contributed by atoms with Crippen LogP contribution >= 0.6 is 0 Å². The Balaban J connectivity index is 4.34. The molecular formula is C52H94O6. The van der Waals surface area contributed by atoms with Gasteiger partial charge in [0.1, 0.15) is 13.2 Å². The van der Waals surface area contributed by atoms with Crippen LogP contribution in [0.2, 0.25) is 0 Å². The molecule has 6 nitrogen and oxygen atoms in total. The number of allylic oxidation sites excluding steroid dienone is 6. The highest BCUT2D eigenvalue weighted by molar-refractivity contribution is 5.71. The van der Waals surface area contributed by atoms with E-state index in [0.29, 0.717) is 19.3 Å². The Morgan fingerprint density at radius 1 is 0.345 bits per heavy atom. The van der Waals surface area contributed by atoms with Crippen LogP contribution in [0.25, 0.3) is 0 Å². The number of unbranched alkanes of at least 4 members (excludes halogenated alkanes) is 29. The Labute approximate surface area is 359 Å². The minimum Gasteiger partial charge on any atom is -0.462 e. The van der Waals surface area contributed by atoms with Gasteiger partial charge in [0.25, 0.3) is 0 Å². The monoisotopic (exact) mass is 815 g/mol. The Bertz CT molecular complexity index is 984. The summed E-state index contributed by atoms with van der Waals surface area (Å²) in [7, 11) is 0. The van der Waals surface area contributed by atoms with E-state index < -0.39 is 6.10 Å². The third kappa shape index (κ3) is 44.7. The average molecular weight is 815 g/mol. The second-order valence-electron chi connectivity index (χ2n) is 16.8. The topological polar surface area (TPSA) is 78.9 Å². The number of esters is 3. The van der Waals surface area contributed by atoms with Gasteiger partial charge in [-0.2, -0.15) is 0 Å². The van der Waals surface area contributed by atoms with Crippen LogP contribution in [0.4, 0.5) is 0 Å². The molecule has 0 rings (SSSR count). The predicted octanol–water partition coefficient (Wildman–Crippen LogP) is 16.1. The molecule has 0 aromatic rings. The summed E-state index contributed by atoms with van der Waals surface area (Å²) < 4.78 is 16.7. The van der Waals surface area contributed by atoms with Gasteiger partial charge in [0, 0.05) is 19.3 Å². The summed E-state index contributed by atoms with van der Waals surface area (Å²) in [5.41, 5.74) is 0. The van der Waals surface area contributed by atoms with Crippen molar-refractivity contribution in [2.45, 2.75) is 264 Å². The first-order chi connectivity index (χ1) is 28.5. The second kappa shape index (κ2) is 47.3. The molecule has 0 aromatic heterocycles. The summed E-state index contributed by atoms with van der Waals surface area (Å²) in [6.45, 7) is 6.55. The zero-order chi connectivity index (χ0) is 42.3. The van der Waals surface area contributed by atoms with Crippen molar-refractivity contribution in [3.05, 3.63) is 36.5 Å². The van der Waals surface area contributed by atoms with E-state index in [4.69, 9.17) is 14.2 Å². The molecule has 0 bridgehead atoms. The van der Waals surface area contributed by atoms with E-state index in [2.05, 4.69) is 57.2 Å². The van der Waals surface area contributed by atoms with Crippen molar-refractivity contribution in [1.82, 2.24) is 0 Å². The third-order valence-electron chi connectivity index (χ3n) is 10.9. The van der Waals surface area contributed by atoms with Gasteiger partial charge < -0.3 is 14.2 Å². The Morgan fingerprint density at radius 3 is 1.09 bits per heavy atom. The maximum atomic E-state index is 12.7. The number of carbonyl (C=O) groups is 3. The van der Waals surface area contributed by atoms with Gasteiger partial charge >= 0.3 is 17.9 Å². The van der Waals surface area contributed by atoms with Crippen LogP contribution in [0.15, 0.2) is 36.5 Å². The molecule has 0 N–H and O–H groups in total. The molecule has 1 atom stereocenters. The number of ether oxygens (including phenoxy) is 3. The van der Waals surface area contributed by atoms with E-state index in [0.717, 1.165) is 64.2 Å². The van der Waals surface area contributed by atoms with Crippen LogP contribution in [0, 0.1) is 0 Å². The lowest BCUT2D eigenvalue weighted by atomic mass is 10.0. The fraction of sp³-hybridized carbons (Fsp3) is 0.827. The van der Waals surface area contributed by atoms with Gasteiger partial charge in [-0.1, -0.05) is 211 Å². The fourth-order valence-corrected chi connectivity index (χ4v) is 7.08. The summed E-state index contributed by atoms with van der Waals surface area (Å²) in [5.74, 6) is -0.924. The molecular weight excluding hydrogens is 721 g/mol. The maximum absolute atomic E-state index is 12.7. The normalized spacial score (nSPS) is 12.3. The number of hydrogen-bond acceptors (Lipinski definition) is 6. The van der Waals surface area contributed by atoms with Gasteiger partial charge in [-0.25, -0.2) is 0 Å². The molecule has 0 heterocycles. The molecule has 0 saturated heterocycles. The minimum absolute atomic E-state index is 0.0828. The smallest absolute Gasteiger partial charge is 0.306 e. The van der Waals surface area contributed by atoms with Gasteiger partial charge in [0.2, 0.25) is 0 Å². The van der Waals surface area contributed by atoms with Crippen molar-refractivity contribution in [3.63, 3.8) is 0 Å². The molecule has 1 unspecified atom stereocenters. The van der Waals surface area contributed by atoms with Crippen LogP contribution in [0.5, 0.6) is 0 Å². The zero-order valence-electron chi connectivity index (χ0n) is 38.6. The Kier molecular flexibility index (Phi) is 45.4. The van der Waals surface area contributed by atoms with Gasteiger partial charge in [-0.15, -0.1) is 0 Å². The molecule has 0 saturated carbocycles.